The summed E-state index contributed by atoms with van der Waals surface area (Å²) in [6, 6.07) is 15.7. The van der Waals surface area contributed by atoms with Crippen LogP contribution in [0.2, 0.25) is 0 Å². The van der Waals surface area contributed by atoms with Crippen LogP contribution < -0.4 is 0 Å². The van der Waals surface area contributed by atoms with Gasteiger partial charge in [-0.15, -0.1) is 0 Å². The lowest BCUT2D eigenvalue weighted by molar-refractivity contribution is -0.145. The normalized spacial score (nSPS) is 23.4. The van der Waals surface area contributed by atoms with Gasteiger partial charge in [0.1, 0.15) is 17.2 Å². The number of carbonyl (C=O) groups is 2. The standard InChI is InChI=1S/C32H30F2N4O3/c1-3-41-31(40)24-17-32(24,34)21-10-11-23(25(33)14-21)26-16-29-35-27(15-28(20-8-9-20)38(29)36-26)30(39)37-13-12-19-6-4-5-7-22(19)18(37)2/h4-7,10-11,14-16,18,20,24H,3,8-9,12-13,17H2,1-2H3/t18-,24+,32-/m1/s1. The van der Waals surface area contributed by atoms with Crippen LogP contribution in [0.15, 0.2) is 54.6 Å². The molecule has 0 bridgehead atoms. The van der Waals surface area contributed by atoms with E-state index >= 15 is 8.78 Å². The van der Waals surface area contributed by atoms with Crippen molar-refractivity contribution in [2.75, 3.05) is 13.2 Å². The van der Waals surface area contributed by atoms with Crippen LogP contribution >= 0.6 is 0 Å². The topological polar surface area (TPSA) is 76.8 Å². The molecule has 0 N–H and O–H groups in total. The first kappa shape index (κ1) is 25.8. The number of benzene rings is 2. The number of fused-ring (bicyclic) bond motifs is 2. The van der Waals surface area contributed by atoms with Crippen molar-refractivity contribution in [2.24, 2.45) is 5.92 Å². The van der Waals surface area contributed by atoms with E-state index in [4.69, 9.17) is 4.74 Å². The fourth-order valence-corrected chi connectivity index (χ4v) is 6.16. The van der Waals surface area contributed by atoms with E-state index in [1.807, 2.05) is 30.0 Å². The van der Waals surface area contributed by atoms with Crippen molar-refractivity contribution in [1.29, 1.82) is 0 Å². The zero-order valence-corrected chi connectivity index (χ0v) is 22.9. The van der Waals surface area contributed by atoms with Crippen molar-refractivity contribution in [3.05, 3.63) is 88.5 Å². The lowest BCUT2D eigenvalue weighted by Crippen LogP contribution is -2.39. The Labute approximate surface area is 236 Å². The number of aromatic nitrogens is 3. The van der Waals surface area contributed by atoms with E-state index < -0.39 is 23.4 Å². The quantitative estimate of drug-likeness (QED) is 0.276. The minimum atomic E-state index is -1.92. The zero-order chi connectivity index (χ0) is 28.5. The molecule has 0 radical (unpaired) electrons. The van der Waals surface area contributed by atoms with Crippen molar-refractivity contribution in [1.82, 2.24) is 19.5 Å². The number of amides is 1. The highest BCUT2D eigenvalue weighted by Gasteiger charge is 2.62. The van der Waals surface area contributed by atoms with Crippen molar-refractivity contribution in [3.63, 3.8) is 0 Å². The Morgan fingerprint density at radius 1 is 1.12 bits per heavy atom. The molecule has 1 amide bonds. The number of hydrogen-bond donors (Lipinski definition) is 0. The van der Waals surface area contributed by atoms with Gasteiger partial charge in [-0.2, -0.15) is 5.10 Å². The van der Waals surface area contributed by atoms with Gasteiger partial charge in [0.05, 0.1) is 24.3 Å². The van der Waals surface area contributed by atoms with E-state index in [-0.39, 0.29) is 42.0 Å². The van der Waals surface area contributed by atoms with Gasteiger partial charge in [0.15, 0.2) is 5.65 Å². The largest absolute Gasteiger partial charge is 0.466 e. The summed E-state index contributed by atoms with van der Waals surface area (Å²) in [5.74, 6) is -2.04. The summed E-state index contributed by atoms with van der Waals surface area (Å²) in [7, 11) is 0. The molecule has 0 unspecified atom stereocenters. The van der Waals surface area contributed by atoms with Crippen LogP contribution in [0.5, 0.6) is 0 Å². The van der Waals surface area contributed by atoms with Crippen LogP contribution in [0.1, 0.15) is 77.9 Å². The number of ether oxygens (including phenoxy) is 1. The molecule has 7 nitrogen and oxygen atoms in total. The Morgan fingerprint density at radius 2 is 1.93 bits per heavy atom. The molecule has 3 atom stereocenters. The SMILES string of the molecule is CCOC(=O)[C@@H]1C[C@@]1(F)c1ccc(-c2cc3nc(C(=O)N4CCc5ccccc5[C@H]4C)cc(C4CC4)n3n2)c(F)c1. The third-order valence-corrected chi connectivity index (χ3v) is 8.71. The van der Waals surface area contributed by atoms with Crippen LogP contribution in [0.4, 0.5) is 8.78 Å². The van der Waals surface area contributed by atoms with Gasteiger partial charge in [0.2, 0.25) is 0 Å². The fraction of sp³-hybridized carbons (Fsp3) is 0.375. The lowest BCUT2D eigenvalue weighted by Gasteiger charge is -2.35. The Morgan fingerprint density at radius 3 is 2.68 bits per heavy atom. The molecule has 2 saturated carbocycles. The smallest absolute Gasteiger partial charge is 0.312 e. The van der Waals surface area contributed by atoms with Crippen molar-refractivity contribution in [3.8, 4) is 11.3 Å². The van der Waals surface area contributed by atoms with Crippen LogP contribution in [-0.2, 0) is 21.6 Å². The maximum Gasteiger partial charge on any atom is 0.312 e. The minimum absolute atomic E-state index is 0.0221. The van der Waals surface area contributed by atoms with E-state index in [0.717, 1.165) is 36.6 Å². The third kappa shape index (κ3) is 4.29. The predicted octanol–water partition coefficient (Wildman–Crippen LogP) is 5.92. The van der Waals surface area contributed by atoms with E-state index in [0.29, 0.717) is 23.6 Å². The summed E-state index contributed by atoms with van der Waals surface area (Å²) in [5, 5.41) is 4.66. The Hall–Kier alpha value is -4.14. The molecule has 210 valence electrons. The van der Waals surface area contributed by atoms with Crippen LogP contribution in [0.3, 0.4) is 0 Å². The van der Waals surface area contributed by atoms with Gasteiger partial charge in [0.25, 0.3) is 5.91 Å². The third-order valence-electron chi connectivity index (χ3n) is 8.71. The van der Waals surface area contributed by atoms with E-state index in [1.54, 1.807) is 17.5 Å². The van der Waals surface area contributed by atoms with Crippen molar-refractivity contribution >= 4 is 17.5 Å². The molecule has 2 aromatic carbocycles. The number of rotatable bonds is 6. The van der Waals surface area contributed by atoms with Crippen LogP contribution in [-0.4, -0.2) is 44.5 Å². The summed E-state index contributed by atoms with van der Waals surface area (Å²) in [4.78, 5) is 32.3. The second-order valence-electron chi connectivity index (χ2n) is 11.3. The summed E-state index contributed by atoms with van der Waals surface area (Å²) in [6.45, 7) is 4.48. The second-order valence-corrected chi connectivity index (χ2v) is 11.3. The predicted molar refractivity (Wildman–Crippen MR) is 147 cm³/mol. The average Bonchev–Trinajstić information content (AvgIpc) is 3.89. The second kappa shape index (κ2) is 9.46. The summed E-state index contributed by atoms with van der Waals surface area (Å²) >= 11 is 0. The molecule has 2 aliphatic carbocycles. The molecule has 9 heteroatoms. The summed E-state index contributed by atoms with van der Waals surface area (Å²) in [5.41, 5.74) is 2.84. The zero-order valence-electron chi connectivity index (χ0n) is 22.9. The molecular weight excluding hydrogens is 526 g/mol. The Kier molecular flexibility index (Phi) is 5.96. The van der Waals surface area contributed by atoms with Crippen molar-refractivity contribution in [2.45, 2.75) is 57.2 Å². The van der Waals surface area contributed by atoms with Gasteiger partial charge in [0, 0.05) is 36.2 Å². The maximum absolute atomic E-state index is 15.4. The molecule has 1 aliphatic heterocycles. The number of halogens is 2. The molecule has 3 heterocycles. The number of alkyl halides is 1. The van der Waals surface area contributed by atoms with Crippen molar-refractivity contribution < 1.29 is 23.1 Å². The monoisotopic (exact) mass is 556 g/mol. The molecule has 0 saturated heterocycles. The minimum Gasteiger partial charge on any atom is -0.466 e. The van der Waals surface area contributed by atoms with Gasteiger partial charge in [-0.3, -0.25) is 9.59 Å². The molecule has 2 fully saturated rings. The first-order chi connectivity index (χ1) is 19.8. The highest BCUT2D eigenvalue weighted by molar-refractivity contribution is 5.93. The van der Waals surface area contributed by atoms with E-state index in [2.05, 4.69) is 22.2 Å². The van der Waals surface area contributed by atoms with Crippen LogP contribution in [0, 0.1) is 11.7 Å². The Balaban J connectivity index is 1.21. The lowest BCUT2D eigenvalue weighted by atomic mass is 9.93. The molecule has 3 aliphatic rings. The number of hydrogen-bond acceptors (Lipinski definition) is 5. The molecule has 41 heavy (non-hydrogen) atoms. The van der Waals surface area contributed by atoms with Gasteiger partial charge in [-0.1, -0.05) is 30.3 Å². The molecule has 2 aromatic heterocycles. The van der Waals surface area contributed by atoms with Gasteiger partial charge >= 0.3 is 5.97 Å². The maximum atomic E-state index is 15.4. The Bertz CT molecular complexity index is 1710. The molecule has 4 aromatic rings. The molecule has 7 rings (SSSR count). The first-order valence-corrected chi connectivity index (χ1v) is 14.2. The van der Waals surface area contributed by atoms with Gasteiger partial charge < -0.3 is 9.64 Å². The number of nitrogens with zero attached hydrogens (tertiary/aromatic N) is 4. The van der Waals surface area contributed by atoms with E-state index in [9.17, 15) is 9.59 Å². The van der Waals surface area contributed by atoms with Gasteiger partial charge in [-0.25, -0.2) is 18.3 Å². The average molecular weight is 557 g/mol. The highest BCUT2D eigenvalue weighted by atomic mass is 19.1. The number of esters is 1. The summed E-state index contributed by atoms with van der Waals surface area (Å²) in [6.07, 6.45) is 2.74. The molecular formula is C32H30F2N4O3. The van der Waals surface area contributed by atoms with E-state index in [1.165, 1.54) is 17.7 Å². The molecule has 0 spiro atoms. The van der Waals surface area contributed by atoms with Crippen LogP contribution in [0.25, 0.3) is 16.9 Å². The summed E-state index contributed by atoms with van der Waals surface area (Å²) < 4.78 is 37.4. The fourth-order valence-electron chi connectivity index (χ4n) is 6.16. The number of carbonyl (C=O) groups excluding carboxylic acids is 2. The van der Waals surface area contributed by atoms with Gasteiger partial charge in [-0.05, 0) is 68.0 Å². The highest BCUT2D eigenvalue weighted by Crippen LogP contribution is 2.56. The first-order valence-electron chi connectivity index (χ1n) is 14.2.